The fourth-order valence-electron chi connectivity index (χ4n) is 3.91. The highest BCUT2D eigenvalue weighted by Crippen LogP contribution is 2.26. The predicted octanol–water partition coefficient (Wildman–Crippen LogP) is 3.27. The number of amides is 1. The Balaban J connectivity index is 1.81. The Morgan fingerprint density at radius 2 is 1.73 bits per heavy atom. The van der Waals surface area contributed by atoms with E-state index in [0.717, 1.165) is 48.5 Å². The first-order chi connectivity index (χ1) is 12.4. The van der Waals surface area contributed by atoms with Gasteiger partial charge in [-0.2, -0.15) is 10.2 Å². The van der Waals surface area contributed by atoms with Gasteiger partial charge in [0.1, 0.15) is 0 Å². The Bertz CT molecular complexity index is 733. The van der Waals surface area contributed by atoms with Crippen molar-refractivity contribution >= 4 is 5.91 Å². The molecule has 0 N–H and O–H groups in total. The number of aryl methyl sites for hydroxylation is 4. The van der Waals surface area contributed by atoms with Crippen molar-refractivity contribution in [3.63, 3.8) is 0 Å². The van der Waals surface area contributed by atoms with Crippen LogP contribution in [0.3, 0.4) is 0 Å². The van der Waals surface area contributed by atoms with Crippen LogP contribution in [0.5, 0.6) is 0 Å². The highest BCUT2D eigenvalue weighted by Gasteiger charge is 2.26. The molecule has 1 amide bonds. The molecule has 0 atom stereocenters. The van der Waals surface area contributed by atoms with Crippen LogP contribution in [-0.2, 0) is 32.0 Å². The van der Waals surface area contributed by atoms with Crippen LogP contribution in [0.25, 0.3) is 0 Å². The third-order valence-electron chi connectivity index (χ3n) is 5.49. The summed E-state index contributed by atoms with van der Waals surface area (Å²) in [6, 6.07) is 4.14. The second kappa shape index (κ2) is 8.06. The van der Waals surface area contributed by atoms with E-state index in [9.17, 15) is 4.79 Å². The molecular formula is C20H31N5O. The molecule has 0 spiro atoms. The molecule has 2 heterocycles. The van der Waals surface area contributed by atoms with E-state index in [4.69, 9.17) is 0 Å². The quantitative estimate of drug-likeness (QED) is 0.772. The van der Waals surface area contributed by atoms with Crippen molar-refractivity contribution in [2.75, 3.05) is 0 Å². The molecule has 0 unspecified atom stereocenters. The van der Waals surface area contributed by atoms with Gasteiger partial charge in [-0.15, -0.1) is 0 Å². The zero-order valence-electron chi connectivity index (χ0n) is 16.5. The predicted molar refractivity (Wildman–Crippen MR) is 101 cm³/mol. The van der Waals surface area contributed by atoms with Crippen LogP contribution in [0.15, 0.2) is 12.1 Å². The summed E-state index contributed by atoms with van der Waals surface area (Å²) in [4.78, 5) is 15.3. The van der Waals surface area contributed by atoms with Gasteiger partial charge in [0, 0.05) is 25.7 Å². The van der Waals surface area contributed by atoms with E-state index in [1.807, 2.05) is 42.2 Å². The van der Waals surface area contributed by atoms with Crippen LogP contribution in [0.1, 0.15) is 61.3 Å². The maximum absolute atomic E-state index is 13.3. The van der Waals surface area contributed by atoms with Crippen molar-refractivity contribution in [1.29, 1.82) is 0 Å². The maximum Gasteiger partial charge on any atom is 0.226 e. The summed E-state index contributed by atoms with van der Waals surface area (Å²) in [5, 5.41) is 9.00. The second-order valence-electron chi connectivity index (χ2n) is 7.68. The third kappa shape index (κ3) is 4.34. The molecule has 0 aliphatic heterocycles. The van der Waals surface area contributed by atoms with Crippen molar-refractivity contribution in [3.8, 4) is 0 Å². The maximum atomic E-state index is 13.3. The molecule has 2 aromatic rings. The summed E-state index contributed by atoms with van der Waals surface area (Å²) in [6.45, 7) is 5.17. The Kier molecular flexibility index (Phi) is 5.79. The molecule has 142 valence electrons. The lowest BCUT2D eigenvalue weighted by Crippen LogP contribution is -2.36. The van der Waals surface area contributed by atoms with Gasteiger partial charge in [0.15, 0.2) is 0 Å². The van der Waals surface area contributed by atoms with Gasteiger partial charge in [0.2, 0.25) is 5.91 Å². The van der Waals surface area contributed by atoms with Crippen LogP contribution in [0.2, 0.25) is 0 Å². The minimum absolute atomic E-state index is 0.150. The summed E-state index contributed by atoms with van der Waals surface area (Å²) in [6.07, 6.45) is 6.87. The Hall–Kier alpha value is -2.11. The van der Waals surface area contributed by atoms with E-state index in [-0.39, 0.29) is 11.8 Å². The molecule has 2 aromatic heterocycles. The summed E-state index contributed by atoms with van der Waals surface area (Å²) >= 11 is 0. The first kappa shape index (κ1) is 18.7. The third-order valence-corrected chi connectivity index (χ3v) is 5.49. The molecule has 1 aliphatic rings. The van der Waals surface area contributed by atoms with Gasteiger partial charge >= 0.3 is 0 Å². The van der Waals surface area contributed by atoms with Crippen molar-refractivity contribution in [1.82, 2.24) is 24.5 Å². The molecule has 3 rings (SSSR count). The first-order valence-corrected chi connectivity index (χ1v) is 9.72. The van der Waals surface area contributed by atoms with E-state index in [0.29, 0.717) is 13.1 Å². The zero-order valence-corrected chi connectivity index (χ0v) is 16.5. The molecule has 6 nitrogen and oxygen atoms in total. The van der Waals surface area contributed by atoms with Crippen LogP contribution < -0.4 is 0 Å². The fraction of sp³-hybridized carbons (Fsp3) is 0.650. The molecule has 0 saturated heterocycles. The van der Waals surface area contributed by atoms with Crippen LogP contribution >= 0.6 is 0 Å². The molecule has 0 aromatic carbocycles. The van der Waals surface area contributed by atoms with Gasteiger partial charge in [0.05, 0.1) is 30.2 Å². The fourth-order valence-corrected chi connectivity index (χ4v) is 3.91. The normalized spacial score (nSPS) is 15.8. The van der Waals surface area contributed by atoms with Crippen molar-refractivity contribution in [3.05, 3.63) is 34.9 Å². The van der Waals surface area contributed by atoms with Gasteiger partial charge in [-0.1, -0.05) is 25.7 Å². The molecule has 1 fully saturated rings. The van der Waals surface area contributed by atoms with Crippen LogP contribution in [-0.4, -0.2) is 30.4 Å². The number of rotatable bonds is 5. The average Bonchev–Trinajstić information content (AvgIpc) is 2.95. The molecule has 6 heteroatoms. The number of aromatic nitrogens is 4. The summed E-state index contributed by atoms with van der Waals surface area (Å²) in [5.41, 5.74) is 4.11. The van der Waals surface area contributed by atoms with E-state index >= 15 is 0 Å². The monoisotopic (exact) mass is 357 g/mol. The molecule has 0 radical (unpaired) electrons. The molecule has 1 aliphatic carbocycles. The number of carbonyl (C=O) groups is 1. The van der Waals surface area contributed by atoms with Crippen molar-refractivity contribution < 1.29 is 4.79 Å². The number of hydrogen-bond donors (Lipinski definition) is 0. The smallest absolute Gasteiger partial charge is 0.226 e. The minimum Gasteiger partial charge on any atom is -0.331 e. The highest BCUT2D eigenvalue weighted by atomic mass is 16.2. The summed E-state index contributed by atoms with van der Waals surface area (Å²) < 4.78 is 3.75. The number of nitrogens with zero attached hydrogens (tertiary/aromatic N) is 5. The van der Waals surface area contributed by atoms with Gasteiger partial charge in [-0.05, 0) is 38.8 Å². The van der Waals surface area contributed by atoms with Gasteiger partial charge in [-0.3, -0.25) is 14.2 Å². The van der Waals surface area contributed by atoms with Gasteiger partial charge in [-0.25, -0.2) is 0 Å². The lowest BCUT2D eigenvalue weighted by Gasteiger charge is -2.26. The van der Waals surface area contributed by atoms with Crippen molar-refractivity contribution in [2.45, 2.75) is 65.5 Å². The second-order valence-corrected chi connectivity index (χ2v) is 7.68. The van der Waals surface area contributed by atoms with E-state index < -0.39 is 0 Å². The lowest BCUT2D eigenvalue weighted by atomic mass is 9.98. The molecule has 0 bridgehead atoms. The molecular weight excluding hydrogens is 326 g/mol. The SMILES string of the molecule is Cc1cc(CN(Cc2cc(C)n(C)n2)C(=O)C2CCCCCC2)n(C)n1. The van der Waals surface area contributed by atoms with Gasteiger partial charge in [0.25, 0.3) is 0 Å². The van der Waals surface area contributed by atoms with E-state index in [2.05, 4.69) is 22.3 Å². The Morgan fingerprint density at radius 3 is 2.27 bits per heavy atom. The lowest BCUT2D eigenvalue weighted by molar-refractivity contribution is -0.137. The average molecular weight is 358 g/mol. The molecule has 1 saturated carbocycles. The van der Waals surface area contributed by atoms with Crippen LogP contribution in [0, 0.1) is 19.8 Å². The summed E-state index contributed by atoms with van der Waals surface area (Å²) in [5.74, 6) is 0.422. The largest absolute Gasteiger partial charge is 0.331 e. The van der Waals surface area contributed by atoms with E-state index in [1.165, 1.54) is 12.8 Å². The number of hydrogen-bond acceptors (Lipinski definition) is 3. The number of carbonyl (C=O) groups excluding carboxylic acids is 1. The zero-order chi connectivity index (χ0) is 18.7. The van der Waals surface area contributed by atoms with E-state index in [1.54, 1.807) is 0 Å². The summed E-state index contributed by atoms with van der Waals surface area (Å²) in [7, 11) is 3.89. The molecule has 26 heavy (non-hydrogen) atoms. The Morgan fingerprint density at radius 1 is 1.04 bits per heavy atom. The Labute approximate surface area is 156 Å². The topological polar surface area (TPSA) is 56.0 Å². The first-order valence-electron chi connectivity index (χ1n) is 9.72. The van der Waals surface area contributed by atoms with Crippen LogP contribution in [0.4, 0.5) is 0 Å². The standard InChI is InChI=1S/C20H31N5O/c1-15-11-19(24(4)21-15)14-25(13-18-12-16(2)23(3)22-18)20(26)17-9-7-5-6-8-10-17/h11-12,17H,5-10,13-14H2,1-4H3. The minimum atomic E-state index is 0.150. The van der Waals surface area contributed by atoms with Crippen molar-refractivity contribution in [2.24, 2.45) is 20.0 Å². The highest BCUT2D eigenvalue weighted by molar-refractivity contribution is 5.78. The van der Waals surface area contributed by atoms with Gasteiger partial charge < -0.3 is 4.90 Å².